The van der Waals surface area contributed by atoms with E-state index in [-0.39, 0.29) is 48.1 Å². The molecule has 0 spiro atoms. The van der Waals surface area contributed by atoms with E-state index in [9.17, 15) is 19.6 Å². The first kappa shape index (κ1) is 53.0. The molecule has 2 aromatic heterocycles. The van der Waals surface area contributed by atoms with Crippen molar-refractivity contribution in [2.75, 3.05) is 86.8 Å². The topological polar surface area (TPSA) is 219 Å². The number of benzene rings is 2. The summed E-state index contributed by atoms with van der Waals surface area (Å²) in [6.45, 7) is 14.0. The maximum absolute atomic E-state index is 13.4. The first-order valence-corrected chi connectivity index (χ1v) is 25.7. The number of amides is 3. The Kier molecular flexibility index (Phi) is 16.9. The van der Waals surface area contributed by atoms with Gasteiger partial charge < -0.3 is 54.3 Å². The minimum Gasteiger partial charge on any atom is -0.495 e. The Hall–Kier alpha value is -6.33. The molecule has 0 radical (unpaired) electrons. The fourth-order valence-electron chi connectivity index (χ4n) is 11.1. The summed E-state index contributed by atoms with van der Waals surface area (Å²) in [7, 11) is 3.32. The molecule has 3 N–H and O–H groups in total. The van der Waals surface area contributed by atoms with Gasteiger partial charge in [0, 0.05) is 73.6 Å². The molecule has 4 heterocycles. The van der Waals surface area contributed by atoms with Crippen molar-refractivity contribution in [2.24, 2.45) is 10.8 Å². The highest BCUT2D eigenvalue weighted by atomic mass is 35.5. The average Bonchev–Trinajstić information content (AvgIpc) is 3.93. The van der Waals surface area contributed by atoms with Crippen LogP contribution in [0.15, 0.2) is 55.0 Å². The van der Waals surface area contributed by atoms with Crippen LogP contribution in [0.4, 0.5) is 29.1 Å². The smallest absolute Gasteiger partial charge is 0.254 e. The number of carbonyl (C=O) groups excluding carboxylic acids is 3. The number of anilines is 5. The molecule has 73 heavy (non-hydrogen) atoms. The number of carbonyl (C=O) groups is 3. The minimum atomic E-state index is -0.397. The number of rotatable bonds is 21. The maximum Gasteiger partial charge on any atom is 0.254 e. The molecule has 4 aliphatic rings. The number of piperidine rings is 1. The fraction of sp³-hybridized carbons (Fsp3) is 0.547. The van der Waals surface area contributed by atoms with Crippen molar-refractivity contribution >= 4 is 58.4 Å². The van der Waals surface area contributed by atoms with E-state index in [1.807, 2.05) is 6.92 Å². The molecule has 2 aliphatic carbocycles. The molecule has 1 atom stereocenters. The van der Waals surface area contributed by atoms with E-state index in [1.165, 1.54) is 0 Å². The van der Waals surface area contributed by atoms with Crippen molar-refractivity contribution in [1.82, 2.24) is 30.6 Å². The molecule has 1 saturated heterocycles. The number of hydrogen-bond donors (Lipinski definition) is 3. The summed E-state index contributed by atoms with van der Waals surface area (Å²) in [5.74, 6) is 2.27. The van der Waals surface area contributed by atoms with Gasteiger partial charge in [0.15, 0.2) is 5.82 Å². The van der Waals surface area contributed by atoms with Crippen molar-refractivity contribution < 1.29 is 38.1 Å². The van der Waals surface area contributed by atoms with Crippen molar-refractivity contribution in [1.29, 1.82) is 5.26 Å². The third-order valence-electron chi connectivity index (χ3n) is 14.7. The van der Waals surface area contributed by atoms with Gasteiger partial charge in [0.1, 0.15) is 35.4 Å². The van der Waals surface area contributed by atoms with Gasteiger partial charge in [-0.05, 0) is 62.4 Å². The Morgan fingerprint density at radius 3 is 2.25 bits per heavy atom. The molecule has 3 fully saturated rings. The lowest BCUT2D eigenvalue weighted by Gasteiger charge is -2.63. The summed E-state index contributed by atoms with van der Waals surface area (Å²) in [4.78, 5) is 64.2. The van der Waals surface area contributed by atoms with Crippen LogP contribution < -0.4 is 40.1 Å². The van der Waals surface area contributed by atoms with Crippen molar-refractivity contribution in [3.05, 3.63) is 76.7 Å². The summed E-state index contributed by atoms with van der Waals surface area (Å²) in [6, 6.07) is 12.0. The van der Waals surface area contributed by atoms with E-state index in [0.717, 1.165) is 57.4 Å². The standard InChI is InChI=1S/C53H68ClN11O8/c1-8-41-47(68)63(6)42-32-57-50(61-44(42)65(41)36-11-9-10-12-36)60-40-16-14-33(27-43(40)69-7)45(66)56-19-22-70-23-24-71-25-26-72-37-17-20-64(21-18-37)51-58-30-35(31-59-51)46(67)62-48-52(2,3)49(53(48,4)5)73-38-15-13-34(29-55)39(54)28-38/h13-16,27-28,30-32,36-37,41,48-49H,8-12,17-26H2,1-7H3,(H,56,66)(H,62,67)(H,57,60,61). The zero-order chi connectivity index (χ0) is 51.9. The second-order valence-electron chi connectivity index (χ2n) is 20.2. The van der Waals surface area contributed by atoms with E-state index in [2.05, 4.69) is 74.5 Å². The molecule has 2 aliphatic heterocycles. The Labute approximate surface area is 432 Å². The molecule has 0 bridgehead atoms. The highest BCUT2D eigenvalue weighted by molar-refractivity contribution is 6.31. The Bertz CT molecular complexity index is 2620. The number of nitrogens with one attached hydrogen (secondary N) is 3. The zero-order valence-electron chi connectivity index (χ0n) is 42.9. The highest BCUT2D eigenvalue weighted by Crippen LogP contribution is 2.55. The van der Waals surface area contributed by atoms with Gasteiger partial charge in [-0.1, -0.05) is 59.1 Å². The van der Waals surface area contributed by atoms with Crippen LogP contribution in [0.5, 0.6) is 11.5 Å². The van der Waals surface area contributed by atoms with E-state index in [1.54, 1.807) is 74.0 Å². The van der Waals surface area contributed by atoms with Crippen LogP contribution >= 0.6 is 11.6 Å². The Balaban J connectivity index is 0.688. The quantitative estimate of drug-likeness (QED) is 0.0709. The first-order chi connectivity index (χ1) is 35.1. The van der Waals surface area contributed by atoms with Crippen LogP contribution in [0.25, 0.3) is 0 Å². The van der Waals surface area contributed by atoms with Gasteiger partial charge >= 0.3 is 0 Å². The lowest BCUT2D eigenvalue weighted by Crippen LogP contribution is -2.74. The molecule has 2 saturated carbocycles. The summed E-state index contributed by atoms with van der Waals surface area (Å²) >= 11 is 6.25. The number of likely N-dealkylation sites (N-methyl/N-ethyl adjacent to an activating group) is 1. The number of nitrogens with zero attached hydrogens (tertiary/aromatic N) is 8. The maximum atomic E-state index is 13.4. The number of aromatic nitrogens is 4. The summed E-state index contributed by atoms with van der Waals surface area (Å²) in [5, 5.41) is 18.9. The molecule has 20 heteroatoms. The van der Waals surface area contributed by atoms with Gasteiger partial charge in [-0.2, -0.15) is 10.2 Å². The van der Waals surface area contributed by atoms with Crippen molar-refractivity contribution in [3.63, 3.8) is 0 Å². The first-order valence-electron chi connectivity index (χ1n) is 25.3. The van der Waals surface area contributed by atoms with Crippen molar-refractivity contribution in [3.8, 4) is 17.6 Å². The van der Waals surface area contributed by atoms with Gasteiger partial charge in [-0.25, -0.2) is 15.0 Å². The highest BCUT2D eigenvalue weighted by Gasteiger charge is 2.64. The minimum absolute atomic E-state index is 0.0596. The summed E-state index contributed by atoms with van der Waals surface area (Å²) in [5.41, 5.74) is 1.70. The molecular weight excluding hydrogens is 954 g/mol. The van der Waals surface area contributed by atoms with E-state index in [0.29, 0.717) is 102 Å². The molecule has 1 unspecified atom stereocenters. The molecule has 2 aromatic carbocycles. The SMILES string of the molecule is CCC1C(=O)N(C)c2cnc(Nc3ccc(C(=O)NCCOCCOCCOC4CCN(c5ncc(C(=O)NC6C(C)(C)C(Oc7ccc(C#N)c(Cl)c7)C6(C)C)cn5)CC4)cc3OC)nc2N1C1CCCC1. The third-order valence-corrected chi connectivity index (χ3v) is 15.0. The predicted octanol–water partition coefficient (Wildman–Crippen LogP) is 7.11. The van der Waals surface area contributed by atoms with Crippen LogP contribution in [0.2, 0.25) is 5.02 Å². The van der Waals surface area contributed by atoms with E-state index in [4.69, 9.17) is 40.3 Å². The molecule has 8 rings (SSSR count). The number of halogens is 1. The number of ether oxygens (including phenoxy) is 5. The lowest BCUT2D eigenvalue weighted by molar-refractivity contribution is -0.164. The summed E-state index contributed by atoms with van der Waals surface area (Å²) in [6.07, 6.45) is 11.3. The Morgan fingerprint density at radius 1 is 0.877 bits per heavy atom. The van der Waals surface area contributed by atoms with Crippen LogP contribution in [0.3, 0.4) is 0 Å². The molecule has 390 valence electrons. The van der Waals surface area contributed by atoms with Crippen LogP contribution in [-0.2, 0) is 19.0 Å². The largest absolute Gasteiger partial charge is 0.495 e. The molecular formula is C53H68ClN11O8. The van der Waals surface area contributed by atoms with Crippen LogP contribution in [-0.4, -0.2) is 135 Å². The lowest BCUT2D eigenvalue weighted by atomic mass is 9.49. The molecule has 3 amide bonds. The monoisotopic (exact) mass is 1020 g/mol. The average molecular weight is 1020 g/mol. The van der Waals surface area contributed by atoms with Crippen LogP contribution in [0, 0.1) is 22.2 Å². The second-order valence-corrected chi connectivity index (χ2v) is 20.6. The number of nitriles is 1. The van der Waals surface area contributed by atoms with E-state index >= 15 is 0 Å². The Morgan fingerprint density at radius 2 is 1.58 bits per heavy atom. The molecule has 19 nitrogen and oxygen atoms in total. The second kappa shape index (κ2) is 23.3. The van der Waals surface area contributed by atoms with Gasteiger partial charge in [0.25, 0.3) is 11.8 Å². The molecule has 4 aromatic rings. The fourth-order valence-corrected chi connectivity index (χ4v) is 11.3. The van der Waals surface area contributed by atoms with E-state index < -0.39 is 10.8 Å². The van der Waals surface area contributed by atoms with Gasteiger partial charge in [0.2, 0.25) is 17.8 Å². The van der Waals surface area contributed by atoms with Gasteiger partial charge in [0.05, 0.1) is 74.3 Å². The van der Waals surface area contributed by atoms with Gasteiger partial charge in [-0.15, -0.1) is 0 Å². The normalized spacial score (nSPS) is 20.5. The van der Waals surface area contributed by atoms with Crippen molar-refractivity contribution in [2.45, 2.75) is 110 Å². The summed E-state index contributed by atoms with van der Waals surface area (Å²) < 4.78 is 29.5. The predicted molar refractivity (Wildman–Crippen MR) is 277 cm³/mol. The third kappa shape index (κ3) is 11.7. The number of hydrogen-bond acceptors (Lipinski definition) is 16. The number of fused-ring (bicyclic) bond motifs is 1. The van der Waals surface area contributed by atoms with Gasteiger partial charge in [-0.3, -0.25) is 14.4 Å². The van der Waals surface area contributed by atoms with Crippen LogP contribution in [0.1, 0.15) is 106 Å². The zero-order valence-corrected chi connectivity index (χ0v) is 43.7. The number of methoxy groups -OCH3 is 1.